The molecule has 0 radical (unpaired) electrons. The number of para-hydroxylation sites is 1. The maximum Gasteiger partial charge on any atom is 0.216 e. The Balaban J connectivity index is 2.11. The molecule has 23 heavy (non-hydrogen) atoms. The first-order valence-corrected chi connectivity index (χ1v) is 7.28. The van der Waals surface area contributed by atoms with E-state index in [1.165, 1.54) is 18.2 Å². The summed E-state index contributed by atoms with van der Waals surface area (Å²) in [4.78, 5) is 12.7. The van der Waals surface area contributed by atoms with Gasteiger partial charge in [-0.25, -0.2) is 4.39 Å². The Labute approximate surface area is 129 Å². The number of fused-ring (bicyclic) bond motifs is 6. The lowest BCUT2D eigenvalue weighted by molar-refractivity contribution is 0.620. The molecule has 0 spiro atoms. The highest BCUT2D eigenvalue weighted by Crippen LogP contribution is 2.26. The van der Waals surface area contributed by atoms with Crippen LogP contribution in [0.25, 0.3) is 38.5 Å². The molecule has 5 rings (SSSR count). The zero-order valence-corrected chi connectivity index (χ0v) is 11.9. The number of pyridine rings is 1. The van der Waals surface area contributed by atoms with E-state index in [1.807, 2.05) is 40.8 Å². The maximum absolute atomic E-state index is 13.4. The van der Waals surface area contributed by atoms with Crippen molar-refractivity contribution in [3.8, 4) is 0 Å². The zero-order valence-electron chi connectivity index (χ0n) is 11.9. The van der Waals surface area contributed by atoms with Crippen molar-refractivity contribution in [1.29, 1.82) is 0 Å². The van der Waals surface area contributed by atoms with Gasteiger partial charge >= 0.3 is 0 Å². The minimum absolute atomic E-state index is 0.214. The summed E-state index contributed by atoms with van der Waals surface area (Å²) in [5, 5.41) is 1.77. The van der Waals surface area contributed by atoms with Crippen molar-refractivity contribution < 1.29 is 8.81 Å². The van der Waals surface area contributed by atoms with Crippen molar-refractivity contribution in [3.63, 3.8) is 0 Å². The van der Waals surface area contributed by atoms with Gasteiger partial charge in [0.05, 0.1) is 21.8 Å². The smallest absolute Gasteiger partial charge is 0.216 e. The van der Waals surface area contributed by atoms with Gasteiger partial charge in [-0.15, -0.1) is 0 Å². The fourth-order valence-corrected chi connectivity index (χ4v) is 3.17. The van der Waals surface area contributed by atoms with Gasteiger partial charge in [-0.3, -0.25) is 9.20 Å². The first-order chi connectivity index (χ1) is 11.2. The topological polar surface area (TPSA) is 34.6 Å². The quantitative estimate of drug-likeness (QED) is 0.422. The molecule has 0 aliphatic carbocycles. The van der Waals surface area contributed by atoms with Crippen molar-refractivity contribution in [2.75, 3.05) is 0 Å². The normalized spacial score (nSPS) is 11.9. The summed E-state index contributed by atoms with van der Waals surface area (Å²) in [6, 6.07) is 17.7. The van der Waals surface area contributed by atoms with Crippen LogP contribution in [-0.2, 0) is 0 Å². The molecule has 0 bridgehead atoms. The molecule has 0 amide bonds. The molecule has 4 heteroatoms. The molecular formula is C19H10FNO2. The van der Waals surface area contributed by atoms with E-state index in [1.54, 1.807) is 6.07 Å². The minimum atomic E-state index is -0.446. The molecule has 0 saturated heterocycles. The zero-order chi connectivity index (χ0) is 15.6. The molecular weight excluding hydrogens is 293 g/mol. The standard InChI is InChI=1S/C19H10FNO2/c20-12-6-8-17-14(9-12)18(22)15-10-13-7-5-11-3-1-2-4-16(11)21(13)19(15)23-17/h1-10H. The molecule has 0 unspecified atom stereocenters. The maximum atomic E-state index is 13.4. The summed E-state index contributed by atoms with van der Waals surface area (Å²) in [7, 11) is 0. The lowest BCUT2D eigenvalue weighted by Gasteiger charge is -2.04. The Kier molecular flexibility index (Phi) is 2.26. The van der Waals surface area contributed by atoms with Crippen LogP contribution in [0.1, 0.15) is 0 Å². The molecule has 3 nitrogen and oxygen atoms in total. The number of hydrogen-bond acceptors (Lipinski definition) is 2. The predicted octanol–water partition coefficient (Wildman–Crippen LogP) is 4.49. The number of halogens is 1. The number of rotatable bonds is 0. The molecule has 0 fully saturated rings. The van der Waals surface area contributed by atoms with Gasteiger partial charge in [-0.1, -0.05) is 24.3 Å². The van der Waals surface area contributed by atoms with E-state index >= 15 is 0 Å². The molecule has 110 valence electrons. The largest absolute Gasteiger partial charge is 0.439 e. The van der Waals surface area contributed by atoms with E-state index in [2.05, 4.69) is 0 Å². The number of nitrogens with zero attached hydrogens (tertiary/aromatic N) is 1. The summed E-state index contributed by atoms with van der Waals surface area (Å²) in [6.07, 6.45) is 0. The Bertz CT molecular complexity index is 1300. The molecule has 3 heterocycles. The average molecular weight is 303 g/mol. The monoisotopic (exact) mass is 303 g/mol. The number of benzene rings is 2. The van der Waals surface area contributed by atoms with Crippen molar-refractivity contribution >= 4 is 38.5 Å². The van der Waals surface area contributed by atoms with Gasteiger partial charge in [0.1, 0.15) is 11.4 Å². The predicted molar refractivity (Wildman–Crippen MR) is 88.4 cm³/mol. The first kappa shape index (κ1) is 12.4. The van der Waals surface area contributed by atoms with Gasteiger partial charge in [-0.2, -0.15) is 0 Å². The Morgan fingerprint density at radius 1 is 0.913 bits per heavy atom. The van der Waals surface area contributed by atoms with E-state index in [0.717, 1.165) is 16.4 Å². The van der Waals surface area contributed by atoms with E-state index < -0.39 is 5.82 Å². The van der Waals surface area contributed by atoms with Crippen LogP contribution in [0.15, 0.2) is 69.9 Å². The van der Waals surface area contributed by atoms with Crippen molar-refractivity contribution in [2.45, 2.75) is 0 Å². The van der Waals surface area contributed by atoms with Crippen LogP contribution in [0, 0.1) is 5.82 Å². The third-order valence-corrected chi connectivity index (χ3v) is 4.23. The third kappa shape index (κ3) is 1.60. The second-order valence-corrected chi connectivity index (χ2v) is 5.59. The Morgan fingerprint density at radius 3 is 2.70 bits per heavy atom. The Hall–Kier alpha value is -3.14. The van der Waals surface area contributed by atoms with Gasteiger partial charge in [-0.05, 0) is 41.8 Å². The fourth-order valence-electron chi connectivity index (χ4n) is 3.17. The van der Waals surface area contributed by atoms with Crippen LogP contribution in [-0.4, -0.2) is 4.40 Å². The highest BCUT2D eigenvalue weighted by atomic mass is 19.1. The van der Waals surface area contributed by atoms with Crippen LogP contribution in [0.3, 0.4) is 0 Å². The van der Waals surface area contributed by atoms with Gasteiger partial charge in [0.25, 0.3) is 0 Å². The van der Waals surface area contributed by atoms with Crippen molar-refractivity contribution in [1.82, 2.24) is 4.40 Å². The highest BCUT2D eigenvalue weighted by molar-refractivity contribution is 5.96. The molecule has 5 aromatic rings. The van der Waals surface area contributed by atoms with Crippen LogP contribution in [0.2, 0.25) is 0 Å². The molecule has 0 aliphatic rings. The summed E-state index contributed by atoms with van der Waals surface area (Å²) in [5.41, 5.74) is 2.49. The number of aromatic nitrogens is 1. The molecule has 2 aromatic carbocycles. The summed E-state index contributed by atoms with van der Waals surface area (Å²) < 4.78 is 21.3. The summed E-state index contributed by atoms with van der Waals surface area (Å²) >= 11 is 0. The lowest BCUT2D eigenvalue weighted by Crippen LogP contribution is -2.01. The molecule has 0 N–H and O–H groups in total. The van der Waals surface area contributed by atoms with Gasteiger partial charge < -0.3 is 4.42 Å². The third-order valence-electron chi connectivity index (χ3n) is 4.23. The fraction of sp³-hybridized carbons (Fsp3) is 0. The first-order valence-electron chi connectivity index (χ1n) is 7.28. The molecule has 3 aromatic heterocycles. The molecule has 0 saturated carbocycles. The average Bonchev–Trinajstić information content (AvgIpc) is 2.95. The Morgan fingerprint density at radius 2 is 1.78 bits per heavy atom. The van der Waals surface area contributed by atoms with Gasteiger partial charge in [0.2, 0.25) is 11.1 Å². The molecule has 0 atom stereocenters. The van der Waals surface area contributed by atoms with E-state index in [0.29, 0.717) is 16.7 Å². The van der Waals surface area contributed by atoms with E-state index in [-0.39, 0.29) is 10.8 Å². The van der Waals surface area contributed by atoms with Crippen LogP contribution >= 0.6 is 0 Å². The number of hydrogen-bond donors (Lipinski definition) is 0. The minimum Gasteiger partial charge on any atom is -0.439 e. The molecule has 0 aliphatic heterocycles. The van der Waals surface area contributed by atoms with Crippen LogP contribution in [0.4, 0.5) is 4.39 Å². The summed E-state index contributed by atoms with van der Waals surface area (Å²) in [6.45, 7) is 0. The van der Waals surface area contributed by atoms with E-state index in [4.69, 9.17) is 4.42 Å². The SMILES string of the molecule is O=c1c2cc(F)ccc2oc2c1cc1ccc3ccccc3n12. The van der Waals surface area contributed by atoms with Crippen molar-refractivity contribution in [2.24, 2.45) is 0 Å². The summed E-state index contributed by atoms with van der Waals surface area (Å²) in [5.74, 6) is -0.446. The van der Waals surface area contributed by atoms with Crippen LogP contribution < -0.4 is 5.43 Å². The van der Waals surface area contributed by atoms with Crippen LogP contribution in [0.5, 0.6) is 0 Å². The van der Waals surface area contributed by atoms with E-state index in [9.17, 15) is 9.18 Å². The highest BCUT2D eigenvalue weighted by Gasteiger charge is 2.14. The van der Waals surface area contributed by atoms with Crippen molar-refractivity contribution in [3.05, 3.63) is 76.7 Å². The second kappa shape index (κ2) is 4.20. The lowest BCUT2D eigenvalue weighted by atomic mass is 10.2. The van der Waals surface area contributed by atoms with Gasteiger partial charge in [0.15, 0.2) is 0 Å². The second-order valence-electron chi connectivity index (χ2n) is 5.59. The van der Waals surface area contributed by atoms with Gasteiger partial charge in [0, 0.05) is 0 Å².